The van der Waals surface area contributed by atoms with Crippen LogP contribution in [0.15, 0.2) is 54.3 Å². The topological polar surface area (TPSA) is 166 Å². The molecule has 12 nitrogen and oxygen atoms in total. The molecule has 0 bridgehead atoms. The fourth-order valence-corrected chi connectivity index (χ4v) is 5.50. The van der Waals surface area contributed by atoms with Gasteiger partial charge in [0.15, 0.2) is 5.82 Å². The molecule has 5 rings (SSSR count). The van der Waals surface area contributed by atoms with Crippen molar-refractivity contribution in [3.8, 4) is 43.9 Å². The number of aromatic nitrogens is 6. The molecule has 4 heterocycles. The first-order valence-corrected chi connectivity index (χ1v) is 13.1. The van der Waals surface area contributed by atoms with Gasteiger partial charge in [0.25, 0.3) is 5.91 Å². The van der Waals surface area contributed by atoms with Gasteiger partial charge in [-0.15, -0.1) is 22.7 Å². The van der Waals surface area contributed by atoms with Crippen molar-refractivity contribution in [2.75, 3.05) is 11.9 Å². The maximum Gasteiger partial charge on any atom is 0.320 e. The van der Waals surface area contributed by atoms with Crippen molar-refractivity contribution in [1.82, 2.24) is 40.5 Å². The molecule has 5 N–H and O–H groups in total. The highest BCUT2D eigenvalue weighted by atomic mass is 32.1. The van der Waals surface area contributed by atoms with Gasteiger partial charge in [0, 0.05) is 41.9 Å². The zero-order valence-electron chi connectivity index (χ0n) is 20.3. The van der Waals surface area contributed by atoms with Gasteiger partial charge in [-0.1, -0.05) is 30.3 Å². The minimum Gasteiger partial charge on any atom is -0.338 e. The number of rotatable bonds is 7. The summed E-state index contributed by atoms with van der Waals surface area (Å²) in [6.07, 6.45) is 2.98. The second-order valence-electron chi connectivity index (χ2n) is 7.88. The Bertz CT molecular complexity index is 1610. The van der Waals surface area contributed by atoms with Crippen LogP contribution in [0.1, 0.15) is 16.6 Å². The molecule has 14 heteroatoms. The van der Waals surface area contributed by atoms with Crippen LogP contribution in [0.4, 0.5) is 10.6 Å². The Kier molecular flexibility index (Phi) is 7.17. The van der Waals surface area contributed by atoms with E-state index in [1.807, 2.05) is 42.6 Å². The summed E-state index contributed by atoms with van der Waals surface area (Å²) in [6, 6.07) is 11.2. The molecule has 5 aromatic rings. The van der Waals surface area contributed by atoms with Crippen LogP contribution in [0.5, 0.6) is 0 Å². The van der Waals surface area contributed by atoms with Gasteiger partial charge >= 0.3 is 6.03 Å². The average Bonchev–Trinajstić information content (AvgIpc) is 3.68. The van der Waals surface area contributed by atoms with E-state index in [9.17, 15) is 9.59 Å². The Labute approximate surface area is 225 Å². The highest BCUT2D eigenvalue weighted by molar-refractivity contribution is 7.17. The van der Waals surface area contributed by atoms with Gasteiger partial charge in [0.1, 0.15) is 32.7 Å². The second-order valence-corrected chi connectivity index (χ2v) is 9.74. The Morgan fingerprint density at radius 1 is 1.08 bits per heavy atom. The van der Waals surface area contributed by atoms with Crippen LogP contribution < -0.4 is 21.9 Å². The molecule has 0 aliphatic carbocycles. The van der Waals surface area contributed by atoms with E-state index in [2.05, 4.69) is 31.1 Å². The fraction of sp³-hybridized carbons (Fsp3) is 0.125. The SMILES string of the molecule is CCNC(=O)Nc1cc(-c2nc(-c3ccccc3)cs2)c(-c2nc(-c3ncnn3C)c(C(=O)NN)s2)cn1. The smallest absolute Gasteiger partial charge is 0.320 e. The van der Waals surface area contributed by atoms with Crippen molar-refractivity contribution in [2.24, 2.45) is 12.9 Å². The van der Waals surface area contributed by atoms with Gasteiger partial charge in [0.05, 0.1) is 5.69 Å². The lowest BCUT2D eigenvalue weighted by molar-refractivity contribution is 0.0958. The molecule has 3 amide bonds. The Balaban J connectivity index is 1.65. The number of hydrogen-bond donors (Lipinski definition) is 4. The van der Waals surface area contributed by atoms with Crippen LogP contribution in [0, 0.1) is 0 Å². The summed E-state index contributed by atoms with van der Waals surface area (Å²) >= 11 is 2.60. The lowest BCUT2D eigenvalue weighted by Gasteiger charge is -2.09. The largest absolute Gasteiger partial charge is 0.338 e. The van der Waals surface area contributed by atoms with Crippen molar-refractivity contribution < 1.29 is 9.59 Å². The number of aryl methyl sites for hydroxylation is 1. The number of carbonyl (C=O) groups is 2. The first-order valence-electron chi connectivity index (χ1n) is 11.4. The Morgan fingerprint density at radius 2 is 1.89 bits per heavy atom. The molecule has 38 heavy (non-hydrogen) atoms. The molecule has 192 valence electrons. The number of nitrogens with two attached hydrogens (primary N) is 1. The number of nitrogen functional groups attached to an aromatic ring is 1. The van der Waals surface area contributed by atoms with Crippen LogP contribution >= 0.6 is 22.7 Å². The number of urea groups is 1. The van der Waals surface area contributed by atoms with E-state index in [-0.39, 0.29) is 10.9 Å². The lowest BCUT2D eigenvalue weighted by Crippen LogP contribution is -2.29. The number of carbonyl (C=O) groups excluding carboxylic acids is 2. The van der Waals surface area contributed by atoms with E-state index >= 15 is 0 Å². The summed E-state index contributed by atoms with van der Waals surface area (Å²) < 4.78 is 1.53. The number of amides is 3. The minimum atomic E-state index is -0.503. The highest BCUT2D eigenvalue weighted by Crippen LogP contribution is 2.40. The third kappa shape index (κ3) is 5.00. The van der Waals surface area contributed by atoms with E-state index in [0.717, 1.165) is 22.6 Å². The summed E-state index contributed by atoms with van der Waals surface area (Å²) in [5.74, 6) is 5.70. The number of benzene rings is 1. The summed E-state index contributed by atoms with van der Waals surface area (Å²) in [7, 11) is 1.71. The van der Waals surface area contributed by atoms with E-state index in [0.29, 0.717) is 45.0 Å². The van der Waals surface area contributed by atoms with Crippen LogP contribution in [0.3, 0.4) is 0 Å². The number of hydrazine groups is 1. The van der Waals surface area contributed by atoms with Gasteiger partial charge < -0.3 is 5.32 Å². The molecular weight excluding hydrogens is 524 g/mol. The molecule has 0 aliphatic heterocycles. The van der Waals surface area contributed by atoms with Crippen LogP contribution in [0.2, 0.25) is 0 Å². The summed E-state index contributed by atoms with van der Waals surface area (Å²) in [6.45, 7) is 2.30. The maximum atomic E-state index is 12.6. The third-order valence-corrected chi connectivity index (χ3v) is 7.37. The number of hydrogen-bond acceptors (Lipinski definition) is 10. The molecule has 0 saturated heterocycles. The molecule has 0 fully saturated rings. The van der Waals surface area contributed by atoms with E-state index in [4.69, 9.17) is 15.8 Å². The minimum absolute atomic E-state index is 0.276. The quantitative estimate of drug-likeness (QED) is 0.137. The van der Waals surface area contributed by atoms with Crippen molar-refractivity contribution in [1.29, 1.82) is 0 Å². The molecule has 0 saturated carbocycles. The summed E-state index contributed by atoms with van der Waals surface area (Å²) in [4.78, 5) is 43.3. The lowest BCUT2D eigenvalue weighted by atomic mass is 10.1. The predicted octanol–water partition coefficient (Wildman–Crippen LogP) is 3.54. The molecule has 4 aromatic heterocycles. The van der Waals surface area contributed by atoms with Gasteiger partial charge in [-0.3, -0.25) is 15.5 Å². The molecular formula is C24H22N10O2S2. The van der Waals surface area contributed by atoms with E-state index < -0.39 is 5.91 Å². The summed E-state index contributed by atoms with van der Waals surface area (Å²) in [5.41, 5.74) is 5.63. The van der Waals surface area contributed by atoms with E-state index in [1.165, 1.54) is 22.3 Å². The monoisotopic (exact) mass is 546 g/mol. The van der Waals surface area contributed by atoms with Crippen molar-refractivity contribution in [3.05, 3.63) is 59.2 Å². The average molecular weight is 547 g/mol. The molecule has 1 aromatic carbocycles. The molecule has 0 radical (unpaired) electrons. The van der Waals surface area contributed by atoms with Crippen LogP contribution in [-0.2, 0) is 7.05 Å². The number of anilines is 1. The first kappa shape index (κ1) is 25.1. The van der Waals surface area contributed by atoms with Gasteiger partial charge in [-0.2, -0.15) is 5.10 Å². The van der Waals surface area contributed by atoms with Gasteiger partial charge in [0.2, 0.25) is 0 Å². The van der Waals surface area contributed by atoms with Gasteiger partial charge in [-0.05, 0) is 13.0 Å². The molecule has 0 aliphatic rings. The standard InChI is InChI=1S/C24H22N10O2S2/c1-3-26-24(36)31-17-9-14(22-30-16(11-37-22)13-7-5-4-6-8-13)15(10-27-17)23-32-18(19(38-23)21(35)33-25)20-28-12-29-34(20)2/h4-12H,3,25H2,1-2H3,(H,33,35)(H2,26,27,31,36). The third-order valence-electron chi connectivity index (χ3n) is 5.41. The van der Waals surface area contributed by atoms with Crippen LogP contribution in [-0.4, -0.2) is 48.2 Å². The van der Waals surface area contributed by atoms with Gasteiger partial charge in [-0.25, -0.2) is 35.3 Å². The number of nitrogens with zero attached hydrogens (tertiary/aromatic N) is 6. The number of thiazole rings is 2. The number of nitrogens with one attached hydrogen (secondary N) is 3. The molecule has 0 atom stereocenters. The van der Waals surface area contributed by atoms with E-state index in [1.54, 1.807) is 19.3 Å². The Hall–Kier alpha value is -4.53. The molecule has 0 unspecified atom stereocenters. The van der Waals surface area contributed by atoms with Crippen molar-refractivity contribution in [3.63, 3.8) is 0 Å². The van der Waals surface area contributed by atoms with Crippen LogP contribution in [0.25, 0.3) is 43.9 Å². The summed E-state index contributed by atoms with van der Waals surface area (Å²) in [5, 5.41) is 12.7. The predicted molar refractivity (Wildman–Crippen MR) is 146 cm³/mol. The Morgan fingerprint density at radius 3 is 2.61 bits per heavy atom. The maximum absolute atomic E-state index is 12.6. The van der Waals surface area contributed by atoms with Crippen molar-refractivity contribution in [2.45, 2.75) is 6.92 Å². The number of pyridine rings is 1. The zero-order valence-corrected chi connectivity index (χ0v) is 21.9. The zero-order chi connectivity index (χ0) is 26.6. The molecule has 0 spiro atoms. The second kappa shape index (κ2) is 10.8. The fourth-order valence-electron chi connectivity index (χ4n) is 3.65. The van der Waals surface area contributed by atoms with Crippen molar-refractivity contribution >= 4 is 40.4 Å². The normalized spacial score (nSPS) is 10.8. The first-order chi connectivity index (χ1) is 18.5. The highest BCUT2D eigenvalue weighted by Gasteiger charge is 2.25.